The molecule has 0 radical (unpaired) electrons. The second-order valence-electron chi connectivity index (χ2n) is 1.59. The summed E-state index contributed by atoms with van der Waals surface area (Å²) in [7, 11) is 1.39. The fourth-order valence-electron chi connectivity index (χ4n) is 0.532. The topological polar surface area (TPSA) is 61.3 Å². The number of methoxy groups -OCH3 is 1. The Balaban J connectivity index is 0.000001000. The molecule has 0 aliphatic carbocycles. The SMILES string of the molecule is COC(=O)c1sccc1I.N. The van der Waals surface area contributed by atoms with Crippen molar-refractivity contribution in [2.75, 3.05) is 7.11 Å². The van der Waals surface area contributed by atoms with Crippen LogP contribution in [0.25, 0.3) is 0 Å². The van der Waals surface area contributed by atoms with Crippen LogP contribution in [0.4, 0.5) is 0 Å². The Bertz CT molecular complexity index is 248. The maximum atomic E-state index is 10.9. The number of hydrogen-bond donors (Lipinski definition) is 1. The van der Waals surface area contributed by atoms with Crippen LogP contribution in [0.5, 0.6) is 0 Å². The number of thiophene rings is 1. The summed E-state index contributed by atoms with van der Waals surface area (Å²) in [6.07, 6.45) is 0. The molecule has 0 spiro atoms. The van der Waals surface area contributed by atoms with Gasteiger partial charge in [-0.1, -0.05) is 0 Å². The van der Waals surface area contributed by atoms with Crippen molar-refractivity contribution >= 4 is 39.9 Å². The average Bonchev–Trinajstić information content (AvgIpc) is 2.34. The minimum absolute atomic E-state index is 0. The summed E-state index contributed by atoms with van der Waals surface area (Å²) in [5.41, 5.74) is 0. The van der Waals surface area contributed by atoms with Crippen LogP contribution in [-0.4, -0.2) is 13.1 Å². The molecule has 0 unspecified atom stereocenters. The van der Waals surface area contributed by atoms with Crippen LogP contribution in [-0.2, 0) is 4.74 Å². The van der Waals surface area contributed by atoms with E-state index in [2.05, 4.69) is 27.3 Å². The van der Waals surface area contributed by atoms with Gasteiger partial charge in [-0.3, -0.25) is 0 Å². The van der Waals surface area contributed by atoms with Gasteiger partial charge in [0.25, 0.3) is 0 Å². The first kappa shape index (κ1) is 10.9. The number of ether oxygens (including phenoxy) is 1. The Morgan fingerprint density at radius 3 is 2.73 bits per heavy atom. The molecular weight excluding hydrogens is 277 g/mol. The highest BCUT2D eigenvalue weighted by Gasteiger charge is 2.09. The number of carbonyl (C=O) groups is 1. The van der Waals surface area contributed by atoms with Crippen molar-refractivity contribution in [3.8, 4) is 0 Å². The third-order valence-corrected chi connectivity index (χ3v) is 3.15. The molecule has 0 saturated carbocycles. The Morgan fingerprint density at radius 2 is 2.36 bits per heavy atom. The average molecular weight is 285 g/mol. The van der Waals surface area contributed by atoms with Gasteiger partial charge >= 0.3 is 5.97 Å². The lowest BCUT2D eigenvalue weighted by Crippen LogP contribution is -1.99. The first-order valence-electron chi connectivity index (χ1n) is 2.57. The molecule has 62 valence electrons. The molecule has 0 bridgehead atoms. The summed E-state index contributed by atoms with van der Waals surface area (Å²) in [6, 6.07) is 1.89. The summed E-state index contributed by atoms with van der Waals surface area (Å²) < 4.78 is 5.50. The summed E-state index contributed by atoms with van der Waals surface area (Å²) in [5, 5.41) is 1.87. The highest BCUT2D eigenvalue weighted by atomic mass is 127. The molecule has 0 aliphatic rings. The van der Waals surface area contributed by atoms with Crippen LogP contribution in [0.1, 0.15) is 9.67 Å². The van der Waals surface area contributed by atoms with Gasteiger partial charge in [-0.15, -0.1) is 11.3 Å². The van der Waals surface area contributed by atoms with E-state index in [1.165, 1.54) is 18.4 Å². The highest BCUT2D eigenvalue weighted by molar-refractivity contribution is 14.1. The van der Waals surface area contributed by atoms with Crippen molar-refractivity contribution in [3.05, 3.63) is 19.9 Å². The Hall–Kier alpha value is -0.140. The monoisotopic (exact) mass is 285 g/mol. The van der Waals surface area contributed by atoms with Crippen LogP contribution < -0.4 is 6.15 Å². The van der Waals surface area contributed by atoms with Crippen LogP contribution >= 0.6 is 33.9 Å². The smallest absolute Gasteiger partial charge is 0.349 e. The van der Waals surface area contributed by atoms with Crippen LogP contribution in [0.2, 0.25) is 0 Å². The van der Waals surface area contributed by atoms with E-state index in [9.17, 15) is 4.79 Å². The lowest BCUT2D eigenvalue weighted by molar-refractivity contribution is 0.0605. The van der Waals surface area contributed by atoms with Crippen molar-refractivity contribution in [2.45, 2.75) is 0 Å². The zero-order valence-corrected chi connectivity index (χ0v) is 8.94. The second kappa shape index (κ2) is 4.68. The lowest BCUT2D eigenvalue weighted by Gasteiger charge is -1.93. The van der Waals surface area contributed by atoms with Gasteiger partial charge < -0.3 is 10.9 Å². The van der Waals surface area contributed by atoms with Gasteiger partial charge in [-0.25, -0.2) is 4.79 Å². The molecule has 0 fully saturated rings. The Kier molecular flexibility index (Phi) is 4.62. The second-order valence-corrected chi connectivity index (χ2v) is 3.67. The van der Waals surface area contributed by atoms with E-state index in [-0.39, 0.29) is 12.1 Å². The van der Waals surface area contributed by atoms with E-state index < -0.39 is 0 Å². The Morgan fingerprint density at radius 1 is 1.73 bits per heavy atom. The molecule has 0 aromatic carbocycles. The lowest BCUT2D eigenvalue weighted by atomic mass is 10.5. The molecule has 0 amide bonds. The van der Waals surface area contributed by atoms with Gasteiger partial charge in [0.2, 0.25) is 0 Å². The van der Waals surface area contributed by atoms with E-state index in [1.807, 2.05) is 11.4 Å². The van der Waals surface area contributed by atoms with Crippen LogP contribution in [0.3, 0.4) is 0 Å². The van der Waals surface area contributed by atoms with E-state index >= 15 is 0 Å². The fraction of sp³-hybridized carbons (Fsp3) is 0.167. The molecular formula is C6H8INO2S. The van der Waals surface area contributed by atoms with E-state index in [0.717, 1.165) is 3.57 Å². The zero-order valence-electron chi connectivity index (χ0n) is 5.96. The normalized spacial score (nSPS) is 8.55. The van der Waals surface area contributed by atoms with Gasteiger partial charge in [0, 0.05) is 3.57 Å². The van der Waals surface area contributed by atoms with Crippen molar-refractivity contribution in [3.63, 3.8) is 0 Å². The third kappa shape index (κ3) is 2.42. The van der Waals surface area contributed by atoms with Crippen molar-refractivity contribution < 1.29 is 9.53 Å². The number of hydrogen-bond acceptors (Lipinski definition) is 4. The van der Waals surface area contributed by atoms with Gasteiger partial charge in [0.05, 0.1) is 7.11 Å². The van der Waals surface area contributed by atoms with Gasteiger partial charge in [0.1, 0.15) is 4.88 Å². The van der Waals surface area contributed by atoms with Crippen LogP contribution in [0, 0.1) is 3.57 Å². The minimum atomic E-state index is -0.251. The molecule has 1 aromatic heterocycles. The number of esters is 1. The molecule has 3 nitrogen and oxygen atoms in total. The van der Waals surface area contributed by atoms with E-state index in [4.69, 9.17) is 0 Å². The maximum absolute atomic E-state index is 10.9. The first-order chi connectivity index (χ1) is 4.75. The predicted octanol–water partition coefficient (Wildman–Crippen LogP) is 2.30. The largest absolute Gasteiger partial charge is 0.465 e. The maximum Gasteiger partial charge on any atom is 0.349 e. The fourth-order valence-corrected chi connectivity index (χ4v) is 2.26. The number of halogens is 1. The molecule has 3 N–H and O–H groups in total. The highest BCUT2D eigenvalue weighted by Crippen LogP contribution is 2.18. The molecule has 1 aromatic rings. The van der Waals surface area contributed by atoms with Crippen molar-refractivity contribution in [2.24, 2.45) is 0 Å². The molecule has 0 atom stereocenters. The number of rotatable bonds is 1. The molecule has 1 rings (SSSR count). The van der Waals surface area contributed by atoms with Crippen molar-refractivity contribution in [1.82, 2.24) is 6.15 Å². The van der Waals surface area contributed by atoms with E-state index in [1.54, 1.807) is 0 Å². The minimum Gasteiger partial charge on any atom is -0.465 e. The summed E-state index contributed by atoms with van der Waals surface area (Å²) in [4.78, 5) is 11.6. The predicted molar refractivity (Wildman–Crippen MR) is 53.4 cm³/mol. The summed E-state index contributed by atoms with van der Waals surface area (Å²) in [5.74, 6) is -0.251. The van der Waals surface area contributed by atoms with Gasteiger partial charge in [-0.05, 0) is 34.0 Å². The molecule has 1 heterocycles. The first-order valence-corrected chi connectivity index (χ1v) is 4.53. The zero-order chi connectivity index (χ0) is 7.56. The molecule has 0 saturated heterocycles. The van der Waals surface area contributed by atoms with Crippen LogP contribution in [0.15, 0.2) is 11.4 Å². The molecule has 11 heavy (non-hydrogen) atoms. The quantitative estimate of drug-likeness (QED) is 0.636. The molecule has 0 aliphatic heterocycles. The standard InChI is InChI=1S/C6H5IO2S.H3N/c1-9-6(8)5-4(7)2-3-10-5;/h2-3H,1H3;1H3. The Labute approximate surface area is 82.5 Å². The summed E-state index contributed by atoms with van der Waals surface area (Å²) in [6.45, 7) is 0. The van der Waals surface area contributed by atoms with E-state index in [0.29, 0.717) is 4.88 Å². The molecule has 5 heteroatoms. The van der Waals surface area contributed by atoms with Crippen molar-refractivity contribution in [1.29, 1.82) is 0 Å². The third-order valence-electron chi connectivity index (χ3n) is 0.988. The van der Waals surface area contributed by atoms with Gasteiger partial charge in [-0.2, -0.15) is 0 Å². The van der Waals surface area contributed by atoms with Gasteiger partial charge in [0.15, 0.2) is 0 Å². The summed E-state index contributed by atoms with van der Waals surface area (Å²) >= 11 is 3.50. The number of carbonyl (C=O) groups excluding carboxylic acids is 1.